The van der Waals surface area contributed by atoms with E-state index in [1.807, 2.05) is 31.2 Å². The zero-order valence-corrected chi connectivity index (χ0v) is 11.3. The molecule has 0 saturated carbocycles. The third-order valence-corrected chi connectivity index (χ3v) is 3.28. The van der Waals surface area contributed by atoms with Crippen molar-refractivity contribution in [2.75, 3.05) is 13.7 Å². The monoisotopic (exact) mass is 262 g/mol. The third kappa shape index (κ3) is 2.54. The smallest absolute Gasteiger partial charge is 0.314 e. The fourth-order valence-corrected chi connectivity index (χ4v) is 2.47. The van der Waals surface area contributed by atoms with Crippen LogP contribution in [0, 0.1) is 5.92 Å². The molecule has 5 heteroatoms. The topological polar surface area (TPSA) is 62.1 Å². The molecule has 1 N–H and O–H groups in total. The van der Waals surface area contributed by atoms with Crippen molar-refractivity contribution in [2.24, 2.45) is 11.0 Å². The van der Waals surface area contributed by atoms with Crippen molar-refractivity contribution in [1.82, 2.24) is 5.01 Å². The zero-order valence-electron chi connectivity index (χ0n) is 11.3. The molecule has 0 aliphatic carbocycles. The first-order chi connectivity index (χ1) is 9.04. The van der Waals surface area contributed by atoms with E-state index in [1.165, 1.54) is 0 Å². The lowest BCUT2D eigenvalue weighted by molar-refractivity contribution is -0.140. The van der Waals surface area contributed by atoms with Crippen LogP contribution in [0.3, 0.4) is 0 Å². The number of carbonyl (C=O) groups is 1. The maximum Gasteiger partial charge on any atom is 0.314 e. The second kappa shape index (κ2) is 5.30. The van der Waals surface area contributed by atoms with Crippen LogP contribution < -0.4 is 4.74 Å². The molecule has 1 aromatic rings. The van der Waals surface area contributed by atoms with Crippen LogP contribution in [0.15, 0.2) is 29.4 Å². The van der Waals surface area contributed by atoms with Gasteiger partial charge in [0.2, 0.25) is 0 Å². The summed E-state index contributed by atoms with van der Waals surface area (Å²) in [5.74, 6) is -0.649. The molecule has 0 saturated heterocycles. The normalized spacial score (nSPS) is 22.3. The predicted molar refractivity (Wildman–Crippen MR) is 72.3 cm³/mol. The van der Waals surface area contributed by atoms with Gasteiger partial charge in [0.05, 0.1) is 18.4 Å². The van der Waals surface area contributed by atoms with Crippen LogP contribution in [0.5, 0.6) is 5.75 Å². The van der Waals surface area contributed by atoms with Crippen LogP contribution in [-0.2, 0) is 4.79 Å². The highest BCUT2D eigenvalue weighted by molar-refractivity contribution is 6.02. The highest BCUT2D eigenvalue weighted by Gasteiger charge is 2.39. The molecule has 1 aliphatic rings. The summed E-state index contributed by atoms with van der Waals surface area (Å²) in [4.78, 5) is 11.4. The van der Waals surface area contributed by atoms with Gasteiger partial charge in [-0.1, -0.05) is 12.1 Å². The highest BCUT2D eigenvalue weighted by Crippen LogP contribution is 2.35. The van der Waals surface area contributed by atoms with E-state index in [2.05, 4.69) is 5.10 Å². The summed E-state index contributed by atoms with van der Waals surface area (Å²) in [6.45, 7) is 4.29. The maximum absolute atomic E-state index is 11.4. The molecule has 2 rings (SSSR count). The van der Waals surface area contributed by atoms with Gasteiger partial charge < -0.3 is 9.84 Å². The van der Waals surface area contributed by atoms with Gasteiger partial charge >= 0.3 is 5.97 Å². The fourth-order valence-electron chi connectivity index (χ4n) is 2.47. The van der Waals surface area contributed by atoms with Crippen LogP contribution in [0.25, 0.3) is 0 Å². The standard InChI is InChI=1S/C14H18N2O3/c1-4-19-11-7-5-10(6-8-11)13-12(14(17)18)9(2)15-16(13)3/h5-8,12-13H,4H2,1-3H3,(H,17,18). The van der Waals surface area contributed by atoms with Crippen molar-refractivity contribution in [3.8, 4) is 5.75 Å². The summed E-state index contributed by atoms with van der Waals surface area (Å²) in [5, 5.41) is 15.3. The van der Waals surface area contributed by atoms with Gasteiger partial charge in [0, 0.05) is 7.05 Å². The number of carboxylic acids is 1. The number of hydrogen-bond donors (Lipinski definition) is 1. The van der Waals surface area contributed by atoms with Gasteiger partial charge in [-0.05, 0) is 31.5 Å². The first-order valence-electron chi connectivity index (χ1n) is 6.28. The molecule has 0 fully saturated rings. The molecule has 2 unspecified atom stereocenters. The second-order valence-electron chi connectivity index (χ2n) is 4.58. The fraction of sp³-hybridized carbons (Fsp3) is 0.429. The molecule has 0 radical (unpaired) electrons. The van der Waals surface area contributed by atoms with E-state index < -0.39 is 11.9 Å². The Hall–Kier alpha value is -2.04. The summed E-state index contributed by atoms with van der Waals surface area (Å²) in [6, 6.07) is 7.26. The van der Waals surface area contributed by atoms with E-state index in [0.717, 1.165) is 11.3 Å². The van der Waals surface area contributed by atoms with E-state index in [4.69, 9.17) is 4.74 Å². The molecule has 102 valence electrons. The van der Waals surface area contributed by atoms with Gasteiger partial charge in [-0.25, -0.2) is 0 Å². The third-order valence-electron chi connectivity index (χ3n) is 3.28. The largest absolute Gasteiger partial charge is 0.494 e. The van der Waals surface area contributed by atoms with Gasteiger partial charge in [-0.15, -0.1) is 0 Å². The highest BCUT2D eigenvalue weighted by atomic mass is 16.5. The lowest BCUT2D eigenvalue weighted by atomic mass is 9.91. The Labute approximate surface area is 112 Å². The van der Waals surface area contributed by atoms with Crippen molar-refractivity contribution < 1.29 is 14.6 Å². The number of ether oxygens (including phenoxy) is 1. The molecule has 0 amide bonds. The summed E-state index contributed by atoms with van der Waals surface area (Å²) in [7, 11) is 1.80. The second-order valence-corrected chi connectivity index (χ2v) is 4.58. The van der Waals surface area contributed by atoms with E-state index in [9.17, 15) is 9.90 Å². The minimum atomic E-state index is -0.843. The van der Waals surface area contributed by atoms with Gasteiger partial charge in [0.1, 0.15) is 11.7 Å². The van der Waals surface area contributed by atoms with E-state index in [1.54, 1.807) is 19.0 Å². The predicted octanol–water partition coefficient (Wildman–Crippen LogP) is 2.15. The number of hydrazone groups is 1. The van der Waals surface area contributed by atoms with Crippen molar-refractivity contribution in [3.05, 3.63) is 29.8 Å². The molecule has 2 atom stereocenters. The average molecular weight is 262 g/mol. The Morgan fingerprint density at radius 3 is 2.58 bits per heavy atom. The quantitative estimate of drug-likeness (QED) is 0.903. The molecular weight excluding hydrogens is 244 g/mol. The number of nitrogens with zero attached hydrogens (tertiary/aromatic N) is 2. The van der Waals surface area contributed by atoms with Crippen LogP contribution in [0.4, 0.5) is 0 Å². The minimum Gasteiger partial charge on any atom is -0.494 e. The lowest BCUT2D eigenvalue weighted by Gasteiger charge is -2.23. The Bertz CT molecular complexity index is 496. The van der Waals surface area contributed by atoms with E-state index in [-0.39, 0.29) is 6.04 Å². The van der Waals surface area contributed by atoms with Gasteiger partial charge in [-0.2, -0.15) is 5.10 Å². The van der Waals surface area contributed by atoms with Crippen LogP contribution in [-0.4, -0.2) is 35.5 Å². The lowest BCUT2D eigenvalue weighted by Crippen LogP contribution is -2.28. The summed E-state index contributed by atoms with van der Waals surface area (Å²) in [5.41, 5.74) is 1.56. The van der Waals surface area contributed by atoms with Gasteiger partial charge in [0.25, 0.3) is 0 Å². The molecule has 1 aromatic carbocycles. The SMILES string of the molecule is CCOc1ccc(C2C(C(=O)O)C(C)=NN2C)cc1. The zero-order chi connectivity index (χ0) is 14.0. The molecule has 1 heterocycles. The first kappa shape index (κ1) is 13.4. The molecule has 0 aromatic heterocycles. The number of hydrogen-bond acceptors (Lipinski definition) is 4. The van der Waals surface area contributed by atoms with Crippen molar-refractivity contribution >= 4 is 11.7 Å². The van der Waals surface area contributed by atoms with E-state index >= 15 is 0 Å². The maximum atomic E-state index is 11.4. The first-order valence-corrected chi connectivity index (χ1v) is 6.28. The Morgan fingerprint density at radius 1 is 1.42 bits per heavy atom. The Morgan fingerprint density at radius 2 is 2.05 bits per heavy atom. The Balaban J connectivity index is 2.27. The molecule has 0 bridgehead atoms. The summed E-state index contributed by atoms with van der Waals surface area (Å²) >= 11 is 0. The minimum absolute atomic E-state index is 0.256. The van der Waals surface area contributed by atoms with Crippen LogP contribution >= 0.6 is 0 Å². The summed E-state index contributed by atoms with van der Waals surface area (Å²) < 4.78 is 5.39. The van der Waals surface area contributed by atoms with Crippen LogP contribution in [0.1, 0.15) is 25.5 Å². The van der Waals surface area contributed by atoms with Crippen LogP contribution in [0.2, 0.25) is 0 Å². The molecule has 19 heavy (non-hydrogen) atoms. The van der Waals surface area contributed by atoms with Gasteiger partial charge in [-0.3, -0.25) is 9.80 Å². The molecule has 5 nitrogen and oxygen atoms in total. The molecule has 1 aliphatic heterocycles. The number of carboxylic acid groups (broad SMARTS) is 1. The average Bonchev–Trinajstić information content (AvgIpc) is 2.66. The van der Waals surface area contributed by atoms with Gasteiger partial charge in [0.15, 0.2) is 0 Å². The number of aliphatic carboxylic acids is 1. The van der Waals surface area contributed by atoms with E-state index in [0.29, 0.717) is 12.3 Å². The number of rotatable bonds is 4. The van der Waals surface area contributed by atoms with Crippen molar-refractivity contribution in [2.45, 2.75) is 19.9 Å². The number of benzene rings is 1. The molecular formula is C14H18N2O3. The van der Waals surface area contributed by atoms with Crippen molar-refractivity contribution in [3.63, 3.8) is 0 Å². The molecule has 0 spiro atoms. The summed E-state index contributed by atoms with van der Waals surface area (Å²) in [6.07, 6.45) is 0. The Kier molecular flexibility index (Phi) is 3.74. The van der Waals surface area contributed by atoms with Crippen molar-refractivity contribution in [1.29, 1.82) is 0 Å².